The van der Waals surface area contributed by atoms with Crippen LogP contribution in [-0.4, -0.2) is 19.8 Å². The molecule has 1 rings (SSSR count). The van der Waals surface area contributed by atoms with E-state index in [1.807, 2.05) is 12.1 Å². The molecule has 1 aromatic rings. The molecule has 0 amide bonds. The van der Waals surface area contributed by atoms with Gasteiger partial charge in [0.05, 0.1) is 12.2 Å². The van der Waals surface area contributed by atoms with Gasteiger partial charge in [0.25, 0.3) is 0 Å². The van der Waals surface area contributed by atoms with Gasteiger partial charge in [0.2, 0.25) is 0 Å². The van der Waals surface area contributed by atoms with Crippen LogP contribution in [0.15, 0.2) is 24.3 Å². The Kier molecular flexibility index (Phi) is 7.66. The van der Waals surface area contributed by atoms with E-state index in [0.717, 1.165) is 13.0 Å². The number of unbranched alkanes of at least 4 members (excludes halogenated alkanes) is 3. The quantitative estimate of drug-likeness (QED) is 0.627. The third kappa shape index (κ3) is 5.70. The van der Waals surface area contributed by atoms with Crippen molar-refractivity contribution in [1.29, 1.82) is 5.26 Å². The molecule has 0 fully saturated rings. The lowest BCUT2D eigenvalue weighted by Crippen LogP contribution is -2.08. The van der Waals surface area contributed by atoms with E-state index in [4.69, 9.17) is 14.7 Å². The minimum Gasteiger partial charge on any atom is -0.490 e. The van der Waals surface area contributed by atoms with Crippen LogP contribution in [0, 0.1) is 11.3 Å². The molecule has 0 atom stereocenters. The number of hydrogen-bond acceptors (Lipinski definition) is 3. The third-order valence-corrected chi connectivity index (χ3v) is 2.63. The molecular weight excluding hydrogens is 226 g/mol. The van der Waals surface area contributed by atoms with Crippen molar-refractivity contribution in [3.05, 3.63) is 29.8 Å². The molecule has 0 N–H and O–H groups in total. The number of para-hydroxylation sites is 1. The highest BCUT2D eigenvalue weighted by Crippen LogP contribution is 2.16. The van der Waals surface area contributed by atoms with E-state index in [9.17, 15) is 0 Å². The molecule has 0 saturated heterocycles. The molecule has 3 heteroatoms. The van der Waals surface area contributed by atoms with Gasteiger partial charge in [-0.1, -0.05) is 38.3 Å². The smallest absolute Gasteiger partial charge is 0.137 e. The molecule has 0 radical (unpaired) electrons. The van der Waals surface area contributed by atoms with Crippen molar-refractivity contribution in [2.45, 2.75) is 32.6 Å². The molecule has 0 aliphatic carbocycles. The zero-order chi connectivity index (χ0) is 13.1. The Hall–Kier alpha value is -1.53. The van der Waals surface area contributed by atoms with Gasteiger partial charge in [-0.3, -0.25) is 0 Å². The maximum absolute atomic E-state index is 8.88. The van der Waals surface area contributed by atoms with Gasteiger partial charge in [0.1, 0.15) is 18.4 Å². The summed E-state index contributed by atoms with van der Waals surface area (Å²) in [5.74, 6) is 0.634. The van der Waals surface area contributed by atoms with Gasteiger partial charge in [0.15, 0.2) is 0 Å². The zero-order valence-electron chi connectivity index (χ0n) is 11.0. The summed E-state index contributed by atoms with van der Waals surface area (Å²) in [6, 6.07) is 9.35. The summed E-state index contributed by atoms with van der Waals surface area (Å²) in [6.07, 6.45) is 4.86. The predicted molar refractivity (Wildman–Crippen MR) is 71.6 cm³/mol. The Labute approximate surface area is 109 Å². The van der Waals surface area contributed by atoms with Crippen LogP contribution in [0.25, 0.3) is 0 Å². The van der Waals surface area contributed by atoms with Crippen molar-refractivity contribution in [2.75, 3.05) is 19.8 Å². The van der Waals surface area contributed by atoms with E-state index >= 15 is 0 Å². The van der Waals surface area contributed by atoms with Crippen molar-refractivity contribution in [3.63, 3.8) is 0 Å². The molecule has 0 aliphatic rings. The van der Waals surface area contributed by atoms with Gasteiger partial charge < -0.3 is 9.47 Å². The monoisotopic (exact) mass is 247 g/mol. The topological polar surface area (TPSA) is 42.2 Å². The average molecular weight is 247 g/mol. The van der Waals surface area contributed by atoms with Gasteiger partial charge in [0, 0.05) is 6.61 Å². The molecule has 0 saturated carbocycles. The SMILES string of the molecule is CCCCCCOCCOc1ccccc1C#N. The van der Waals surface area contributed by atoms with Crippen LogP contribution >= 0.6 is 0 Å². The van der Waals surface area contributed by atoms with E-state index in [1.165, 1.54) is 19.3 Å². The van der Waals surface area contributed by atoms with Crippen molar-refractivity contribution in [3.8, 4) is 11.8 Å². The second kappa shape index (κ2) is 9.49. The summed E-state index contributed by atoms with van der Waals surface area (Å²) < 4.78 is 11.0. The van der Waals surface area contributed by atoms with Crippen LogP contribution in [-0.2, 0) is 4.74 Å². The summed E-state index contributed by atoms with van der Waals surface area (Å²) in [5, 5.41) is 8.88. The molecule has 0 aromatic heterocycles. The number of nitrogens with zero attached hydrogens (tertiary/aromatic N) is 1. The summed E-state index contributed by atoms with van der Waals surface area (Å²) in [4.78, 5) is 0. The summed E-state index contributed by atoms with van der Waals surface area (Å²) in [5.41, 5.74) is 0.570. The number of rotatable bonds is 9. The molecule has 0 bridgehead atoms. The van der Waals surface area contributed by atoms with E-state index in [0.29, 0.717) is 24.5 Å². The summed E-state index contributed by atoms with van der Waals surface area (Å²) in [7, 11) is 0. The lowest BCUT2D eigenvalue weighted by Gasteiger charge is -2.08. The van der Waals surface area contributed by atoms with Gasteiger partial charge in [-0.05, 0) is 18.6 Å². The van der Waals surface area contributed by atoms with Gasteiger partial charge >= 0.3 is 0 Å². The summed E-state index contributed by atoms with van der Waals surface area (Å²) >= 11 is 0. The number of ether oxygens (including phenoxy) is 2. The Morgan fingerprint density at radius 3 is 2.67 bits per heavy atom. The first kappa shape index (κ1) is 14.5. The van der Waals surface area contributed by atoms with Crippen molar-refractivity contribution < 1.29 is 9.47 Å². The molecule has 0 heterocycles. The minimum absolute atomic E-state index is 0.493. The van der Waals surface area contributed by atoms with Crippen LogP contribution in [0.5, 0.6) is 5.75 Å². The van der Waals surface area contributed by atoms with E-state index in [1.54, 1.807) is 12.1 Å². The van der Waals surface area contributed by atoms with Crippen molar-refractivity contribution in [2.24, 2.45) is 0 Å². The zero-order valence-corrected chi connectivity index (χ0v) is 11.0. The molecule has 1 aromatic carbocycles. The fraction of sp³-hybridized carbons (Fsp3) is 0.533. The number of hydrogen-bond donors (Lipinski definition) is 0. The number of benzene rings is 1. The predicted octanol–water partition coefficient (Wildman–Crippen LogP) is 3.53. The van der Waals surface area contributed by atoms with Crippen LogP contribution in [0.4, 0.5) is 0 Å². The number of nitriles is 1. The van der Waals surface area contributed by atoms with Crippen molar-refractivity contribution >= 4 is 0 Å². The second-order valence-corrected chi connectivity index (χ2v) is 4.13. The Morgan fingerprint density at radius 2 is 1.89 bits per heavy atom. The van der Waals surface area contributed by atoms with Crippen LogP contribution in [0.3, 0.4) is 0 Å². The maximum Gasteiger partial charge on any atom is 0.137 e. The van der Waals surface area contributed by atoms with E-state index in [2.05, 4.69) is 13.0 Å². The first-order valence-electron chi connectivity index (χ1n) is 6.58. The highest BCUT2D eigenvalue weighted by Gasteiger charge is 2.00. The van der Waals surface area contributed by atoms with Crippen LogP contribution in [0.1, 0.15) is 38.2 Å². The Bertz CT molecular complexity index is 371. The fourth-order valence-electron chi connectivity index (χ4n) is 1.63. The normalized spacial score (nSPS) is 10.0. The molecule has 98 valence electrons. The lowest BCUT2D eigenvalue weighted by atomic mass is 10.2. The summed E-state index contributed by atoms with van der Waals surface area (Å²) in [6.45, 7) is 4.06. The van der Waals surface area contributed by atoms with Crippen LogP contribution in [0.2, 0.25) is 0 Å². The van der Waals surface area contributed by atoms with E-state index in [-0.39, 0.29) is 0 Å². The van der Waals surface area contributed by atoms with Gasteiger partial charge in [-0.15, -0.1) is 0 Å². The lowest BCUT2D eigenvalue weighted by molar-refractivity contribution is 0.0970. The molecule has 0 spiro atoms. The molecule has 0 aliphatic heterocycles. The molecule has 3 nitrogen and oxygen atoms in total. The van der Waals surface area contributed by atoms with Gasteiger partial charge in [-0.25, -0.2) is 0 Å². The maximum atomic E-state index is 8.88. The Morgan fingerprint density at radius 1 is 1.06 bits per heavy atom. The van der Waals surface area contributed by atoms with E-state index < -0.39 is 0 Å². The van der Waals surface area contributed by atoms with Crippen molar-refractivity contribution in [1.82, 2.24) is 0 Å². The van der Waals surface area contributed by atoms with Gasteiger partial charge in [-0.2, -0.15) is 5.26 Å². The minimum atomic E-state index is 0.493. The average Bonchev–Trinajstić information content (AvgIpc) is 2.42. The van der Waals surface area contributed by atoms with Crippen LogP contribution < -0.4 is 4.74 Å². The molecular formula is C15H21NO2. The third-order valence-electron chi connectivity index (χ3n) is 2.63. The fourth-order valence-corrected chi connectivity index (χ4v) is 1.63. The first-order chi connectivity index (χ1) is 8.88. The molecule has 18 heavy (non-hydrogen) atoms. The standard InChI is InChI=1S/C15H21NO2/c1-2-3-4-7-10-17-11-12-18-15-9-6-5-8-14(15)13-16/h5-6,8-9H,2-4,7,10-12H2,1H3. The second-order valence-electron chi connectivity index (χ2n) is 4.13. The first-order valence-corrected chi connectivity index (χ1v) is 6.58. The molecule has 0 unspecified atom stereocenters. The highest BCUT2D eigenvalue weighted by molar-refractivity contribution is 5.42. The Balaban J connectivity index is 2.09. The highest BCUT2D eigenvalue weighted by atomic mass is 16.5. The largest absolute Gasteiger partial charge is 0.490 e.